The molecule has 1 aromatic carbocycles. The SMILES string of the molecule is CC(=O)c1ccc(NC(=O)CSc2nncn2C(C)C)cc1. The number of aromatic nitrogens is 3. The van der Waals surface area contributed by atoms with Gasteiger partial charge in [-0.3, -0.25) is 9.59 Å². The van der Waals surface area contributed by atoms with E-state index in [1.807, 2.05) is 18.4 Å². The maximum atomic E-state index is 12.0. The van der Waals surface area contributed by atoms with Crippen LogP contribution in [0.1, 0.15) is 37.2 Å². The van der Waals surface area contributed by atoms with Gasteiger partial charge in [0.15, 0.2) is 10.9 Å². The molecular weight excluding hydrogens is 300 g/mol. The van der Waals surface area contributed by atoms with Gasteiger partial charge in [0, 0.05) is 17.3 Å². The minimum absolute atomic E-state index is 0.00135. The number of ketones is 1. The Morgan fingerprint density at radius 3 is 2.55 bits per heavy atom. The molecule has 0 saturated carbocycles. The number of Topliss-reactive ketones (excluding diaryl/α,β-unsaturated/α-hetero) is 1. The van der Waals surface area contributed by atoms with Crippen LogP contribution < -0.4 is 5.32 Å². The Hall–Kier alpha value is -2.15. The number of hydrogen-bond acceptors (Lipinski definition) is 5. The molecule has 0 radical (unpaired) electrons. The van der Waals surface area contributed by atoms with Crippen LogP contribution in [0.15, 0.2) is 35.7 Å². The van der Waals surface area contributed by atoms with Crippen molar-refractivity contribution >= 4 is 29.1 Å². The summed E-state index contributed by atoms with van der Waals surface area (Å²) < 4.78 is 1.92. The van der Waals surface area contributed by atoms with Gasteiger partial charge in [-0.15, -0.1) is 10.2 Å². The summed E-state index contributed by atoms with van der Waals surface area (Å²) >= 11 is 1.34. The van der Waals surface area contributed by atoms with E-state index in [2.05, 4.69) is 15.5 Å². The second-order valence-corrected chi connectivity index (χ2v) is 6.03. The maximum absolute atomic E-state index is 12.0. The minimum Gasteiger partial charge on any atom is -0.325 e. The predicted octanol–water partition coefficient (Wildman–Crippen LogP) is 2.79. The highest BCUT2D eigenvalue weighted by molar-refractivity contribution is 7.99. The lowest BCUT2D eigenvalue weighted by Gasteiger charge is -2.09. The molecule has 0 unspecified atom stereocenters. The number of carbonyl (C=O) groups is 2. The summed E-state index contributed by atoms with van der Waals surface area (Å²) in [7, 11) is 0. The Kier molecular flexibility index (Phi) is 5.32. The van der Waals surface area contributed by atoms with E-state index in [4.69, 9.17) is 0 Å². The van der Waals surface area contributed by atoms with E-state index in [1.54, 1.807) is 30.6 Å². The van der Waals surface area contributed by atoms with Crippen molar-refractivity contribution in [3.63, 3.8) is 0 Å². The van der Waals surface area contributed by atoms with Gasteiger partial charge in [-0.25, -0.2) is 0 Å². The van der Waals surface area contributed by atoms with Crippen LogP contribution in [0.3, 0.4) is 0 Å². The zero-order valence-corrected chi connectivity index (χ0v) is 13.6. The summed E-state index contributed by atoms with van der Waals surface area (Å²) in [5.41, 5.74) is 1.29. The predicted molar refractivity (Wildman–Crippen MR) is 86.2 cm³/mol. The van der Waals surface area contributed by atoms with Crippen molar-refractivity contribution < 1.29 is 9.59 Å². The first-order chi connectivity index (χ1) is 10.5. The number of rotatable bonds is 6. The van der Waals surface area contributed by atoms with Crippen LogP contribution in [-0.4, -0.2) is 32.2 Å². The summed E-state index contributed by atoms with van der Waals surface area (Å²) in [5, 5.41) is 11.4. The Morgan fingerprint density at radius 1 is 1.27 bits per heavy atom. The van der Waals surface area contributed by atoms with Gasteiger partial charge in [0.1, 0.15) is 6.33 Å². The fourth-order valence-electron chi connectivity index (χ4n) is 1.80. The van der Waals surface area contributed by atoms with Crippen LogP contribution in [0.2, 0.25) is 0 Å². The number of benzene rings is 1. The average Bonchev–Trinajstić information content (AvgIpc) is 2.94. The molecule has 0 fully saturated rings. The van der Waals surface area contributed by atoms with Gasteiger partial charge in [-0.05, 0) is 45.0 Å². The second-order valence-electron chi connectivity index (χ2n) is 5.08. The Bertz CT molecular complexity index is 664. The summed E-state index contributed by atoms with van der Waals surface area (Å²) in [6.45, 7) is 5.57. The number of anilines is 1. The van der Waals surface area contributed by atoms with Crippen LogP contribution in [0.25, 0.3) is 0 Å². The van der Waals surface area contributed by atoms with Crippen molar-refractivity contribution in [1.29, 1.82) is 0 Å². The third kappa shape index (κ3) is 4.17. The van der Waals surface area contributed by atoms with E-state index in [1.165, 1.54) is 18.7 Å². The topological polar surface area (TPSA) is 76.9 Å². The number of amides is 1. The average molecular weight is 318 g/mol. The Morgan fingerprint density at radius 2 is 1.95 bits per heavy atom. The molecule has 2 aromatic rings. The van der Waals surface area contributed by atoms with Crippen molar-refractivity contribution in [2.24, 2.45) is 0 Å². The van der Waals surface area contributed by atoms with Crippen molar-refractivity contribution in [2.75, 3.05) is 11.1 Å². The second kappa shape index (κ2) is 7.22. The molecule has 1 heterocycles. The summed E-state index contributed by atoms with van der Waals surface area (Å²) in [6, 6.07) is 7.08. The molecule has 1 aromatic heterocycles. The van der Waals surface area contributed by atoms with Crippen LogP contribution >= 0.6 is 11.8 Å². The van der Waals surface area contributed by atoms with Gasteiger partial charge in [0.25, 0.3) is 0 Å². The van der Waals surface area contributed by atoms with Crippen molar-refractivity contribution in [2.45, 2.75) is 32.0 Å². The number of nitrogens with one attached hydrogen (secondary N) is 1. The lowest BCUT2D eigenvalue weighted by molar-refractivity contribution is -0.113. The molecule has 7 heteroatoms. The van der Waals surface area contributed by atoms with Crippen molar-refractivity contribution in [3.8, 4) is 0 Å². The third-order valence-electron chi connectivity index (χ3n) is 3.00. The standard InChI is InChI=1S/C15H18N4O2S/c1-10(2)19-9-16-18-15(19)22-8-14(21)17-13-6-4-12(5-7-13)11(3)20/h4-7,9-10H,8H2,1-3H3,(H,17,21). The Balaban J connectivity index is 1.90. The normalized spacial score (nSPS) is 10.7. The molecule has 0 atom stereocenters. The molecule has 0 bridgehead atoms. The summed E-state index contributed by atoms with van der Waals surface area (Å²) in [6.07, 6.45) is 1.66. The quantitative estimate of drug-likeness (QED) is 0.654. The fourth-order valence-corrected chi connectivity index (χ4v) is 2.65. The van der Waals surface area contributed by atoms with Crippen LogP contribution in [-0.2, 0) is 4.79 Å². The number of carbonyl (C=O) groups excluding carboxylic acids is 2. The van der Waals surface area contributed by atoms with Gasteiger partial charge in [-0.2, -0.15) is 0 Å². The van der Waals surface area contributed by atoms with Crippen LogP contribution in [0.5, 0.6) is 0 Å². The van der Waals surface area contributed by atoms with Crippen LogP contribution in [0, 0.1) is 0 Å². The van der Waals surface area contributed by atoms with Gasteiger partial charge >= 0.3 is 0 Å². The van der Waals surface area contributed by atoms with Crippen molar-refractivity contribution in [1.82, 2.24) is 14.8 Å². The summed E-state index contributed by atoms with van der Waals surface area (Å²) in [5.74, 6) is 0.125. The van der Waals surface area contributed by atoms with Gasteiger partial charge < -0.3 is 9.88 Å². The highest BCUT2D eigenvalue weighted by Gasteiger charge is 2.11. The monoisotopic (exact) mass is 318 g/mol. The fraction of sp³-hybridized carbons (Fsp3) is 0.333. The molecule has 0 spiro atoms. The van der Waals surface area contributed by atoms with Gasteiger partial charge in [0.2, 0.25) is 5.91 Å². The van der Waals surface area contributed by atoms with E-state index >= 15 is 0 Å². The first-order valence-corrected chi connectivity index (χ1v) is 7.89. The molecule has 116 valence electrons. The molecule has 6 nitrogen and oxygen atoms in total. The number of thioether (sulfide) groups is 1. The van der Waals surface area contributed by atoms with E-state index in [0.29, 0.717) is 11.3 Å². The zero-order chi connectivity index (χ0) is 16.1. The smallest absolute Gasteiger partial charge is 0.234 e. The van der Waals surface area contributed by atoms with E-state index in [9.17, 15) is 9.59 Å². The molecule has 0 aliphatic rings. The number of nitrogens with zero attached hydrogens (tertiary/aromatic N) is 3. The molecule has 2 rings (SSSR count). The molecule has 1 amide bonds. The maximum Gasteiger partial charge on any atom is 0.234 e. The zero-order valence-electron chi connectivity index (χ0n) is 12.7. The lowest BCUT2D eigenvalue weighted by Crippen LogP contribution is -2.14. The van der Waals surface area contributed by atoms with Gasteiger partial charge in [0.05, 0.1) is 5.75 Å². The molecule has 0 aliphatic heterocycles. The van der Waals surface area contributed by atoms with E-state index < -0.39 is 0 Å². The number of hydrogen-bond donors (Lipinski definition) is 1. The van der Waals surface area contributed by atoms with E-state index in [-0.39, 0.29) is 23.5 Å². The first-order valence-electron chi connectivity index (χ1n) is 6.90. The Labute approximate surface area is 133 Å². The highest BCUT2D eigenvalue weighted by Crippen LogP contribution is 2.19. The van der Waals surface area contributed by atoms with Crippen LogP contribution in [0.4, 0.5) is 5.69 Å². The molecule has 1 N–H and O–H groups in total. The third-order valence-corrected chi connectivity index (χ3v) is 3.96. The highest BCUT2D eigenvalue weighted by atomic mass is 32.2. The van der Waals surface area contributed by atoms with Crippen molar-refractivity contribution in [3.05, 3.63) is 36.2 Å². The molecule has 22 heavy (non-hydrogen) atoms. The van der Waals surface area contributed by atoms with E-state index in [0.717, 1.165) is 5.16 Å². The molecule has 0 saturated heterocycles. The largest absolute Gasteiger partial charge is 0.325 e. The molecule has 0 aliphatic carbocycles. The minimum atomic E-state index is -0.126. The lowest BCUT2D eigenvalue weighted by atomic mass is 10.1. The summed E-state index contributed by atoms with van der Waals surface area (Å²) in [4.78, 5) is 23.1. The van der Waals surface area contributed by atoms with Gasteiger partial charge in [-0.1, -0.05) is 11.8 Å². The first kappa shape index (κ1) is 16.2. The molecular formula is C15H18N4O2S.